The highest BCUT2D eigenvalue weighted by atomic mass is 16.2. The molecule has 1 aliphatic rings. The van der Waals surface area contributed by atoms with Crippen LogP contribution in [-0.4, -0.2) is 48.7 Å². The van der Waals surface area contributed by atoms with E-state index in [2.05, 4.69) is 16.0 Å². The summed E-state index contributed by atoms with van der Waals surface area (Å²) in [6.07, 6.45) is 2.47. The molecule has 1 aliphatic heterocycles. The normalized spacial score (nSPS) is 14.0. The fourth-order valence-corrected chi connectivity index (χ4v) is 2.38. The Labute approximate surface area is 161 Å². The molecule has 1 aromatic carbocycles. The first-order valence-corrected chi connectivity index (χ1v) is 8.55. The molecule has 1 heterocycles. The maximum Gasteiger partial charge on any atom is 0.258 e. The van der Waals surface area contributed by atoms with Crippen molar-refractivity contribution in [3.8, 4) is 0 Å². The van der Waals surface area contributed by atoms with Gasteiger partial charge in [-0.15, -0.1) is 0 Å². The predicted octanol–water partition coefficient (Wildman–Crippen LogP) is -0.976. The number of imide groups is 1. The van der Waals surface area contributed by atoms with E-state index in [4.69, 9.17) is 5.73 Å². The highest BCUT2D eigenvalue weighted by molar-refractivity contribution is 6.28. The molecule has 2 rings (SSSR count). The third-order valence-electron chi connectivity index (χ3n) is 3.78. The molecule has 0 aliphatic carbocycles. The van der Waals surface area contributed by atoms with Crippen LogP contribution in [0.25, 0.3) is 0 Å². The molecule has 0 saturated carbocycles. The van der Waals surface area contributed by atoms with Gasteiger partial charge in [0.05, 0.1) is 12.2 Å². The third-order valence-corrected chi connectivity index (χ3v) is 3.78. The van der Waals surface area contributed by atoms with E-state index in [9.17, 15) is 24.0 Å². The van der Waals surface area contributed by atoms with Crippen molar-refractivity contribution in [1.82, 2.24) is 10.6 Å². The molecule has 1 aromatic rings. The second kappa shape index (κ2) is 9.42. The van der Waals surface area contributed by atoms with Crippen LogP contribution in [0.5, 0.6) is 0 Å². The quantitative estimate of drug-likeness (QED) is 0.421. The number of nitrogens with one attached hydrogen (secondary N) is 3. The van der Waals surface area contributed by atoms with Crippen LogP contribution in [0.3, 0.4) is 0 Å². The predicted molar refractivity (Wildman–Crippen MR) is 101 cm³/mol. The second-order valence-corrected chi connectivity index (χ2v) is 5.99. The molecular weight excluding hydrogens is 366 g/mol. The lowest BCUT2D eigenvalue weighted by molar-refractivity contribution is -0.129. The standard InChI is InChI=1S/C18H21N5O5/c1-11(21-14(24)8-9-19)18(28)20-10-15(25)22-12-2-4-13(5-3-12)23-16(26)6-7-17(23)27/h2-7,11H,8-10,19H2,1H3,(H,20,28)(H,21,24)(H,22,25)/t11-/m0/s1. The van der Waals surface area contributed by atoms with Gasteiger partial charge in [-0.1, -0.05) is 0 Å². The summed E-state index contributed by atoms with van der Waals surface area (Å²) in [6, 6.07) is 5.31. The maximum absolute atomic E-state index is 12.0. The summed E-state index contributed by atoms with van der Waals surface area (Å²) in [5, 5.41) is 7.46. The van der Waals surface area contributed by atoms with Gasteiger partial charge in [0, 0.05) is 30.8 Å². The van der Waals surface area contributed by atoms with Gasteiger partial charge in [0.1, 0.15) is 6.04 Å². The Hall–Kier alpha value is -3.53. The van der Waals surface area contributed by atoms with Crippen molar-refractivity contribution in [2.45, 2.75) is 19.4 Å². The molecule has 0 radical (unpaired) electrons. The summed E-state index contributed by atoms with van der Waals surface area (Å²) >= 11 is 0. The zero-order valence-corrected chi connectivity index (χ0v) is 15.2. The minimum Gasteiger partial charge on any atom is -0.345 e. The third kappa shape index (κ3) is 5.48. The smallest absolute Gasteiger partial charge is 0.258 e. The van der Waals surface area contributed by atoms with Crippen LogP contribution in [0.1, 0.15) is 13.3 Å². The van der Waals surface area contributed by atoms with Gasteiger partial charge in [0.15, 0.2) is 0 Å². The van der Waals surface area contributed by atoms with Crippen LogP contribution in [0.4, 0.5) is 11.4 Å². The molecule has 28 heavy (non-hydrogen) atoms. The second-order valence-electron chi connectivity index (χ2n) is 5.99. The number of carbonyl (C=O) groups excluding carboxylic acids is 5. The van der Waals surface area contributed by atoms with Crippen molar-refractivity contribution in [3.05, 3.63) is 36.4 Å². The van der Waals surface area contributed by atoms with Crippen molar-refractivity contribution in [2.24, 2.45) is 5.73 Å². The number of carbonyl (C=O) groups is 5. The number of nitrogens with zero attached hydrogens (tertiary/aromatic N) is 1. The molecule has 5 N–H and O–H groups in total. The highest BCUT2D eigenvalue weighted by Gasteiger charge is 2.24. The topological polar surface area (TPSA) is 151 Å². The molecule has 10 heteroatoms. The molecule has 5 amide bonds. The summed E-state index contributed by atoms with van der Waals surface area (Å²) in [4.78, 5) is 59.5. The molecule has 0 aromatic heterocycles. The Morgan fingerprint density at radius 2 is 1.64 bits per heavy atom. The van der Waals surface area contributed by atoms with Gasteiger partial charge in [0.25, 0.3) is 11.8 Å². The van der Waals surface area contributed by atoms with Crippen molar-refractivity contribution in [1.29, 1.82) is 0 Å². The summed E-state index contributed by atoms with van der Waals surface area (Å²) in [7, 11) is 0. The Morgan fingerprint density at radius 3 is 2.21 bits per heavy atom. The monoisotopic (exact) mass is 387 g/mol. The number of rotatable bonds is 8. The summed E-state index contributed by atoms with van der Waals surface area (Å²) in [5.41, 5.74) is 6.07. The fraction of sp³-hybridized carbons (Fsp3) is 0.278. The Kier molecular flexibility index (Phi) is 6.99. The lowest BCUT2D eigenvalue weighted by Crippen LogP contribution is -2.47. The minimum absolute atomic E-state index is 0.110. The van der Waals surface area contributed by atoms with Crippen LogP contribution in [-0.2, 0) is 24.0 Å². The van der Waals surface area contributed by atoms with E-state index in [1.807, 2.05) is 0 Å². The molecular formula is C18H21N5O5. The van der Waals surface area contributed by atoms with Crippen LogP contribution in [0, 0.1) is 0 Å². The van der Waals surface area contributed by atoms with E-state index in [0.717, 1.165) is 4.90 Å². The van der Waals surface area contributed by atoms with Crippen molar-refractivity contribution in [2.75, 3.05) is 23.3 Å². The van der Waals surface area contributed by atoms with E-state index >= 15 is 0 Å². The van der Waals surface area contributed by atoms with Crippen molar-refractivity contribution >= 4 is 40.9 Å². The molecule has 0 unspecified atom stereocenters. The van der Waals surface area contributed by atoms with Gasteiger partial charge in [-0.05, 0) is 31.2 Å². The van der Waals surface area contributed by atoms with E-state index in [0.29, 0.717) is 11.4 Å². The van der Waals surface area contributed by atoms with Crippen LogP contribution in [0.15, 0.2) is 36.4 Å². The largest absolute Gasteiger partial charge is 0.345 e. The average Bonchev–Trinajstić information content (AvgIpc) is 2.99. The van der Waals surface area contributed by atoms with Gasteiger partial charge in [-0.3, -0.25) is 24.0 Å². The minimum atomic E-state index is -0.796. The fourth-order valence-electron chi connectivity index (χ4n) is 2.38. The first-order valence-electron chi connectivity index (χ1n) is 8.55. The average molecular weight is 387 g/mol. The first kappa shape index (κ1) is 20.8. The summed E-state index contributed by atoms with van der Waals surface area (Å²) in [6.45, 7) is 1.39. The van der Waals surface area contributed by atoms with Gasteiger partial charge in [-0.2, -0.15) is 0 Å². The molecule has 0 saturated heterocycles. The van der Waals surface area contributed by atoms with E-state index in [1.165, 1.54) is 43.3 Å². The lowest BCUT2D eigenvalue weighted by Gasteiger charge is -2.15. The molecule has 10 nitrogen and oxygen atoms in total. The number of benzene rings is 1. The molecule has 1 atom stereocenters. The van der Waals surface area contributed by atoms with Crippen molar-refractivity contribution < 1.29 is 24.0 Å². The van der Waals surface area contributed by atoms with Gasteiger partial charge in [-0.25, -0.2) is 4.90 Å². The summed E-state index contributed by atoms with van der Waals surface area (Å²) in [5.74, 6) is -2.19. The molecule has 0 spiro atoms. The molecule has 148 valence electrons. The number of hydrogen-bond donors (Lipinski definition) is 4. The lowest BCUT2D eigenvalue weighted by atomic mass is 10.2. The number of amides is 5. The van der Waals surface area contributed by atoms with E-state index < -0.39 is 29.7 Å². The zero-order valence-electron chi connectivity index (χ0n) is 15.2. The van der Waals surface area contributed by atoms with Crippen LogP contribution in [0.2, 0.25) is 0 Å². The van der Waals surface area contributed by atoms with E-state index in [1.54, 1.807) is 0 Å². The highest BCUT2D eigenvalue weighted by Crippen LogP contribution is 2.21. The Bertz CT molecular complexity index is 800. The van der Waals surface area contributed by atoms with Gasteiger partial charge < -0.3 is 21.7 Å². The molecule has 0 bridgehead atoms. The molecule has 0 fully saturated rings. The van der Waals surface area contributed by atoms with Crippen LogP contribution < -0.4 is 26.6 Å². The zero-order chi connectivity index (χ0) is 20.7. The summed E-state index contributed by atoms with van der Waals surface area (Å²) < 4.78 is 0. The Morgan fingerprint density at radius 1 is 1.04 bits per heavy atom. The van der Waals surface area contributed by atoms with Crippen molar-refractivity contribution in [3.63, 3.8) is 0 Å². The van der Waals surface area contributed by atoms with Gasteiger partial charge >= 0.3 is 0 Å². The number of anilines is 2. The van der Waals surface area contributed by atoms with E-state index in [-0.39, 0.29) is 25.4 Å². The Balaban J connectivity index is 1.81. The first-order chi connectivity index (χ1) is 13.3. The SMILES string of the molecule is C[C@H](NC(=O)CCN)C(=O)NCC(=O)Nc1ccc(N2C(=O)C=CC2=O)cc1. The van der Waals surface area contributed by atoms with Gasteiger partial charge in [0.2, 0.25) is 17.7 Å². The van der Waals surface area contributed by atoms with Crippen LogP contribution >= 0.6 is 0 Å². The maximum atomic E-state index is 12.0. The number of hydrogen-bond acceptors (Lipinski definition) is 6. The number of nitrogens with two attached hydrogens (primary N) is 1.